The molecule has 1 N–H and O–H groups in total. The minimum Gasteiger partial charge on any atom is -0.490 e. The molecule has 1 aromatic heterocycles. The maximum absolute atomic E-state index is 12.7. The van der Waals surface area contributed by atoms with Gasteiger partial charge < -0.3 is 19.5 Å². The first-order chi connectivity index (χ1) is 14.1. The van der Waals surface area contributed by atoms with E-state index in [0.29, 0.717) is 53.3 Å². The molecule has 0 saturated carbocycles. The van der Waals surface area contributed by atoms with Crippen molar-refractivity contribution in [3.05, 3.63) is 63.1 Å². The van der Waals surface area contributed by atoms with Crippen LogP contribution in [0.4, 0.5) is 5.69 Å². The van der Waals surface area contributed by atoms with Gasteiger partial charge in [-0.05, 0) is 25.1 Å². The summed E-state index contributed by atoms with van der Waals surface area (Å²) in [5.41, 5.74) is 1.78. The lowest BCUT2D eigenvalue weighted by Crippen LogP contribution is -2.12. The number of carbonyl (C=O) groups excluding carboxylic acids is 1. The molecule has 150 valence electrons. The van der Waals surface area contributed by atoms with E-state index < -0.39 is 0 Å². The number of amides is 1. The fourth-order valence-electron chi connectivity index (χ4n) is 2.83. The van der Waals surface area contributed by atoms with E-state index >= 15 is 0 Å². The van der Waals surface area contributed by atoms with Crippen molar-refractivity contribution in [1.82, 2.24) is 4.98 Å². The number of ether oxygens (including phenoxy) is 3. The van der Waals surface area contributed by atoms with Crippen LogP contribution in [0.3, 0.4) is 0 Å². The Morgan fingerprint density at radius 2 is 2.03 bits per heavy atom. The highest BCUT2D eigenvalue weighted by Crippen LogP contribution is 2.37. The normalized spacial score (nSPS) is 12.9. The molecule has 0 atom stereocenters. The second-order valence-corrected chi connectivity index (χ2v) is 7.93. The fraction of sp³-hybridized carbons (Fsp3) is 0.238. The summed E-state index contributed by atoms with van der Waals surface area (Å²) in [4.78, 5) is 17.1. The molecule has 0 aliphatic carbocycles. The van der Waals surface area contributed by atoms with Gasteiger partial charge in [0.05, 0.1) is 34.6 Å². The Morgan fingerprint density at radius 3 is 2.79 bits per heavy atom. The van der Waals surface area contributed by atoms with Crippen LogP contribution in [0.25, 0.3) is 0 Å². The molecule has 2 aromatic carbocycles. The standard InChI is InChI=1S/C21H19ClN2O4S/c1-13-23-15(12-29-13)11-28-16-5-2-4-14(8-16)21(25)24-18-10-20-19(9-17(18)22)26-6-3-7-27-20/h2,4-5,8-10,12H,3,6-7,11H2,1H3,(H,24,25). The molecule has 29 heavy (non-hydrogen) atoms. The summed E-state index contributed by atoms with van der Waals surface area (Å²) < 4.78 is 17.0. The van der Waals surface area contributed by atoms with E-state index in [9.17, 15) is 4.79 Å². The van der Waals surface area contributed by atoms with E-state index in [1.165, 1.54) is 0 Å². The van der Waals surface area contributed by atoms with Crippen LogP contribution < -0.4 is 19.5 Å². The van der Waals surface area contributed by atoms with Gasteiger partial charge >= 0.3 is 0 Å². The molecule has 0 saturated heterocycles. The molecule has 6 nitrogen and oxygen atoms in total. The summed E-state index contributed by atoms with van der Waals surface area (Å²) in [6.45, 7) is 3.43. The predicted molar refractivity (Wildman–Crippen MR) is 113 cm³/mol. The quantitative estimate of drug-likeness (QED) is 0.610. The number of anilines is 1. The van der Waals surface area contributed by atoms with Crippen molar-refractivity contribution in [2.24, 2.45) is 0 Å². The van der Waals surface area contributed by atoms with Gasteiger partial charge in [0, 0.05) is 29.5 Å². The minimum atomic E-state index is -0.295. The molecule has 0 fully saturated rings. The molecule has 0 bridgehead atoms. The van der Waals surface area contributed by atoms with Crippen LogP contribution in [0.5, 0.6) is 17.2 Å². The van der Waals surface area contributed by atoms with Crippen LogP contribution in [0.15, 0.2) is 41.8 Å². The number of carbonyl (C=O) groups is 1. The number of hydrogen-bond acceptors (Lipinski definition) is 6. The van der Waals surface area contributed by atoms with Crippen LogP contribution in [0, 0.1) is 6.92 Å². The first-order valence-corrected chi connectivity index (χ1v) is 10.4. The highest BCUT2D eigenvalue weighted by molar-refractivity contribution is 7.09. The molecule has 2 heterocycles. The molecule has 4 rings (SSSR count). The number of halogens is 1. The third-order valence-electron chi connectivity index (χ3n) is 4.23. The van der Waals surface area contributed by atoms with E-state index in [1.807, 2.05) is 12.3 Å². The molecule has 1 amide bonds. The summed E-state index contributed by atoms with van der Waals surface area (Å²) in [6.07, 6.45) is 0.793. The van der Waals surface area contributed by atoms with Crippen molar-refractivity contribution in [3.63, 3.8) is 0 Å². The van der Waals surface area contributed by atoms with Crippen LogP contribution in [-0.4, -0.2) is 24.1 Å². The predicted octanol–water partition coefficient (Wildman–Crippen LogP) is 5.10. The smallest absolute Gasteiger partial charge is 0.255 e. The topological polar surface area (TPSA) is 69.7 Å². The minimum absolute atomic E-state index is 0.295. The van der Waals surface area contributed by atoms with E-state index in [4.69, 9.17) is 25.8 Å². The Balaban J connectivity index is 1.46. The van der Waals surface area contributed by atoms with Gasteiger partial charge in [-0.25, -0.2) is 4.98 Å². The Labute approximate surface area is 177 Å². The van der Waals surface area contributed by atoms with E-state index in [-0.39, 0.29) is 5.91 Å². The summed E-state index contributed by atoms with van der Waals surface area (Å²) in [7, 11) is 0. The lowest BCUT2D eigenvalue weighted by atomic mass is 10.2. The Kier molecular flexibility index (Phi) is 5.87. The largest absolute Gasteiger partial charge is 0.490 e. The molecule has 0 radical (unpaired) electrons. The maximum Gasteiger partial charge on any atom is 0.255 e. The van der Waals surface area contributed by atoms with Crippen molar-refractivity contribution in [3.8, 4) is 17.2 Å². The summed E-state index contributed by atoms with van der Waals surface area (Å²) in [5.74, 6) is 1.44. The Hall–Kier alpha value is -2.77. The van der Waals surface area contributed by atoms with Crippen LogP contribution in [0.1, 0.15) is 27.5 Å². The lowest BCUT2D eigenvalue weighted by molar-refractivity contribution is 0.102. The summed E-state index contributed by atoms with van der Waals surface area (Å²) >= 11 is 7.89. The average molecular weight is 431 g/mol. The van der Waals surface area contributed by atoms with Crippen molar-refractivity contribution < 1.29 is 19.0 Å². The third kappa shape index (κ3) is 4.81. The SMILES string of the molecule is Cc1nc(COc2cccc(C(=O)Nc3cc4c(cc3Cl)OCCCO4)c2)cs1. The maximum atomic E-state index is 12.7. The second kappa shape index (κ2) is 8.71. The highest BCUT2D eigenvalue weighted by atomic mass is 35.5. The molecule has 8 heteroatoms. The number of aromatic nitrogens is 1. The van der Waals surface area contributed by atoms with Crippen LogP contribution in [0.2, 0.25) is 5.02 Å². The number of benzene rings is 2. The molecular formula is C21H19ClN2O4S. The van der Waals surface area contributed by atoms with Gasteiger partial charge in [-0.3, -0.25) is 4.79 Å². The van der Waals surface area contributed by atoms with E-state index in [2.05, 4.69) is 10.3 Å². The van der Waals surface area contributed by atoms with Crippen molar-refractivity contribution >= 4 is 34.5 Å². The summed E-state index contributed by atoms with van der Waals surface area (Å²) in [6, 6.07) is 10.3. The number of hydrogen-bond donors (Lipinski definition) is 1. The molecule has 1 aliphatic heterocycles. The zero-order valence-electron chi connectivity index (χ0n) is 15.7. The van der Waals surface area contributed by atoms with Gasteiger partial charge in [-0.15, -0.1) is 11.3 Å². The number of nitrogens with zero attached hydrogens (tertiary/aromatic N) is 1. The molecular weight excluding hydrogens is 412 g/mol. The Morgan fingerprint density at radius 1 is 1.24 bits per heavy atom. The Bertz CT molecular complexity index is 1040. The molecule has 1 aliphatic rings. The van der Waals surface area contributed by atoms with Crippen LogP contribution in [-0.2, 0) is 6.61 Å². The van der Waals surface area contributed by atoms with Crippen molar-refractivity contribution in [1.29, 1.82) is 0 Å². The number of aryl methyl sites for hydroxylation is 1. The van der Waals surface area contributed by atoms with Gasteiger partial charge in [0.2, 0.25) is 0 Å². The van der Waals surface area contributed by atoms with E-state index in [1.54, 1.807) is 47.7 Å². The van der Waals surface area contributed by atoms with Crippen molar-refractivity contribution in [2.75, 3.05) is 18.5 Å². The van der Waals surface area contributed by atoms with Gasteiger partial charge in [-0.1, -0.05) is 17.7 Å². The number of fused-ring (bicyclic) bond motifs is 1. The number of rotatable bonds is 5. The zero-order chi connectivity index (χ0) is 20.2. The first-order valence-electron chi connectivity index (χ1n) is 9.13. The monoisotopic (exact) mass is 430 g/mol. The average Bonchev–Trinajstić information content (AvgIpc) is 3.00. The zero-order valence-corrected chi connectivity index (χ0v) is 17.3. The van der Waals surface area contributed by atoms with Crippen LogP contribution >= 0.6 is 22.9 Å². The van der Waals surface area contributed by atoms with Gasteiger partial charge in [-0.2, -0.15) is 0 Å². The lowest BCUT2D eigenvalue weighted by Gasteiger charge is -2.13. The number of nitrogens with one attached hydrogen (secondary N) is 1. The molecule has 3 aromatic rings. The van der Waals surface area contributed by atoms with E-state index in [0.717, 1.165) is 17.1 Å². The highest BCUT2D eigenvalue weighted by Gasteiger charge is 2.16. The number of thiazole rings is 1. The van der Waals surface area contributed by atoms with Gasteiger partial charge in [0.15, 0.2) is 11.5 Å². The van der Waals surface area contributed by atoms with Gasteiger partial charge in [0.25, 0.3) is 5.91 Å². The second-order valence-electron chi connectivity index (χ2n) is 6.46. The van der Waals surface area contributed by atoms with Crippen molar-refractivity contribution in [2.45, 2.75) is 20.0 Å². The summed E-state index contributed by atoms with van der Waals surface area (Å²) in [5, 5.41) is 6.16. The van der Waals surface area contributed by atoms with Gasteiger partial charge in [0.1, 0.15) is 12.4 Å². The molecule has 0 spiro atoms. The fourth-order valence-corrected chi connectivity index (χ4v) is 3.63. The third-order valence-corrected chi connectivity index (χ3v) is 5.37. The first kappa shape index (κ1) is 19.5. The molecule has 0 unspecified atom stereocenters.